The lowest BCUT2D eigenvalue weighted by atomic mass is 10.1. The molecular weight excluding hydrogens is 463 g/mol. The fourth-order valence-corrected chi connectivity index (χ4v) is 3.24. The van der Waals surface area contributed by atoms with Crippen molar-refractivity contribution in [2.45, 2.75) is 6.18 Å². The van der Waals surface area contributed by atoms with Crippen LogP contribution in [0.4, 0.5) is 27.6 Å². The average molecular weight is 478 g/mol. The van der Waals surface area contributed by atoms with Gasteiger partial charge in [0.1, 0.15) is 5.56 Å². The third kappa shape index (κ3) is 4.21. The molecule has 0 unspecified atom stereocenters. The Labute approximate surface area is 188 Å². The van der Waals surface area contributed by atoms with Crippen molar-refractivity contribution < 1.29 is 36.2 Å². The van der Waals surface area contributed by atoms with Gasteiger partial charge in [0.2, 0.25) is 0 Å². The summed E-state index contributed by atoms with van der Waals surface area (Å²) in [6.07, 6.45) is -3.92. The minimum atomic E-state index is -4.83. The van der Waals surface area contributed by atoms with Crippen molar-refractivity contribution in [2.24, 2.45) is 0 Å². The zero-order chi connectivity index (χ0) is 24.6. The van der Waals surface area contributed by atoms with E-state index in [0.29, 0.717) is 10.3 Å². The van der Waals surface area contributed by atoms with E-state index in [9.17, 15) is 26.7 Å². The summed E-state index contributed by atoms with van der Waals surface area (Å²) in [4.78, 5) is 17.0. The number of alkyl halides is 3. The molecule has 0 bridgehead atoms. The van der Waals surface area contributed by atoms with E-state index in [4.69, 9.17) is 9.47 Å². The molecule has 2 aromatic heterocycles. The van der Waals surface area contributed by atoms with E-state index in [1.165, 1.54) is 32.4 Å². The SMILES string of the molecule is COc1ccc(-c2cc(C(F)(F)F)n3ncc(C(=O)Nc4ccc(F)c(F)c4)c3n2)cc1OC. The monoisotopic (exact) mass is 478 g/mol. The normalized spacial score (nSPS) is 11.5. The molecular formula is C22H15F5N4O3. The Balaban J connectivity index is 1.84. The third-order valence-corrected chi connectivity index (χ3v) is 4.86. The number of hydrogen-bond donors (Lipinski definition) is 1. The molecule has 4 aromatic rings. The number of nitrogens with one attached hydrogen (secondary N) is 1. The molecule has 2 heterocycles. The maximum absolute atomic E-state index is 13.8. The second-order valence-corrected chi connectivity index (χ2v) is 6.97. The van der Waals surface area contributed by atoms with E-state index in [1.54, 1.807) is 0 Å². The zero-order valence-electron chi connectivity index (χ0n) is 17.6. The molecule has 0 aliphatic carbocycles. The molecule has 0 fully saturated rings. The van der Waals surface area contributed by atoms with Crippen molar-refractivity contribution in [1.29, 1.82) is 0 Å². The van der Waals surface area contributed by atoms with Gasteiger partial charge in [-0.25, -0.2) is 18.3 Å². The van der Waals surface area contributed by atoms with Crippen LogP contribution in [0.2, 0.25) is 0 Å². The van der Waals surface area contributed by atoms with E-state index < -0.39 is 29.4 Å². The standard InChI is InChI=1S/C22H15F5N4O3/c1-33-17-6-3-11(7-18(17)34-2)16-9-19(22(25,26)27)31-20(30-16)13(10-28-31)21(32)29-12-4-5-14(23)15(24)8-12/h3-10H,1-2H3,(H,29,32). The first-order chi connectivity index (χ1) is 16.1. The summed E-state index contributed by atoms with van der Waals surface area (Å²) < 4.78 is 78.9. The van der Waals surface area contributed by atoms with Gasteiger partial charge in [0, 0.05) is 17.3 Å². The summed E-state index contributed by atoms with van der Waals surface area (Å²) in [5, 5.41) is 5.97. The van der Waals surface area contributed by atoms with Crippen molar-refractivity contribution >= 4 is 17.2 Å². The molecule has 0 spiro atoms. The quantitative estimate of drug-likeness (QED) is 0.410. The molecule has 2 aromatic carbocycles. The predicted octanol–water partition coefficient (Wildman–Crippen LogP) is 4.96. The summed E-state index contributed by atoms with van der Waals surface area (Å²) in [5.74, 6) is -2.61. The van der Waals surface area contributed by atoms with Gasteiger partial charge >= 0.3 is 6.18 Å². The number of hydrogen-bond acceptors (Lipinski definition) is 5. The molecule has 0 radical (unpaired) electrons. The molecule has 0 saturated carbocycles. The maximum atomic E-state index is 13.8. The molecule has 12 heteroatoms. The lowest BCUT2D eigenvalue weighted by Crippen LogP contribution is -2.16. The van der Waals surface area contributed by atoms with Gasteiger partial charge in [-0.3, -0.25) is 4.79 Å². The van der Waals surface area contributed by atoms with Crippen molar-refractivity contribution in [1.82, 2.24) is 14.6 Å². The molecule has 0 aliphatic heterocycles. The molecule has 4 rings (SSSR count). The number of nitrogens with zero attached hydrogens (tertiary/aromatic N) is 3. The van der Waals surface area contributed by atoms with Crippen LogP contribution >= 0.6 is 0 Å². The van der Waals surface area contributed by atoms with Crippen molar-refractivity contribution in [3.05, 3.63) is 71.6 Å². The van der Waals surface area contributed by atoms with Crippen molar-refractivity contribution in [2.75, 3.05) is 19.5 Å². The maximum Gasteiger partial charge on any atom is 0.433 e. The Morgan fingerprint density at radius 3 is 2.35 bits per heavy atom. The zero-order valence-corrected chi connectivity index (χ0v) is 17.6. The number of fused-ring (bicyclic) bond motifs is 1. The van der Waals surface area contributed by atoms with Gasteiger partial charge in [0.25, 0.3) is 5.91 Å². The second-order valence-electron chi connectivity index (χ2n) is 6.97. The number of ether oxygens (including phenoxy) is 2. The van der Waals surface area contributed by atoms with E-state index in [2.05, 4.69) is 15.4 Å². The molecule has 176 valence electrons. The van der Waals surface area contributed by atoms with Crippen molar-refractivity contribution in [3.8, 4) is 22.8 Å². The van der Waals surface area contributed by atoms with Crippen LogP contribution in [-0.2, 0) is 6.18 Å². The summed E-state index contributed by atoms with van der Waals surface area (Å²) in [6.45, 7) is 0. The highest BCUT2D eigenvalue weighted by Crippen LogP contribution is 2.36. The van der Waals surface area contributed by atoms with Crippen LogP contribution in [-0.4, -0.2) is 34.7 Å². The summed E-state index contributed by atoms with van der Waals surface area (Å²) >= 11 is 0. The Morgan fingerprint density at radius 2 is 1.71 bits per heavy atom. The number of carbonyl (C=O) groups is 1. The first-order valence-electron chi connectivity index (χ1n) is 9.57. The topological polar surface area (TPSA) is 77.8 Å². The molecule has 7 nitrogen and oxygen atoms in total. The lowest BCUT2D eigenvalue weighted by molar-refractivity contribution is -0.142. The van der Waals surface area contributed by atoms with Crippen molar-refractivity contribution in [3.63, 3.8) is 0 Å². The van der Waals surface area contributed by atoms with Crippen LogP contribution in [0.5, 0.6) is 11.5 Å². The van der Waals surface area contributed by atoms with E-state index in [-0.39, 0.29) is 33.9 Å². The molecule has 0 atom stereocenters. The summed E-state index contributed by atoms with van der Waals surface area (Å²) in [6, 6.07) is 7.86. The molecule has 0 saturated heterocycles. The van der Waals surface area contributed by atoms with E-state index in [0.717, 1.165) is 30.5 Å². The number of halogens is 5. The fraction of sp³-hybridized carbons (Fsp3) is 0.136. The van der Waals surface area contributed by atoms with Crippen LogP contribution in [0, 0.1) is 11.6 Å². The Hall–Kier alpha value is -4.22. The Bertz CT molecular complexity index is 1400. The predicted molar refractivity (Wildman–Crippen MR) is 111 cm³/mol. The number of benzene rings is 2. The minimum absolute atomic E-state index is 0.102. The van der Waals surface area contributed by atoms with E-state index in [1.807, 2.05) is 0 Å². The smallest absolute Gasteiger partial charge is 0.433 e. The first kappa shape index (κ1) is 23.0. The van der Waals surface area contributed by atoms with Crippen LogP contribution in [0.25, 0.3) is 16.9 Å². The number of anilines is 1. The number of carbonyl (C=O) groups excluding carboxylic acids is 1. The largest absolute Gasteiger partial charge is 0.493 e. The number of rotatable bonds is 5. The second kappa shape index (κ2) is 8.61. The molecule has 1 N–H and O–H groups in total. The molecule has 34 heavy (non-hydrogen) atoms. The average Bonchev–Trinajstić information content (AvgIpc) is 3.23. The first-order valence-corrected chi connectivity index (χ1v) is 9.57. The highest BCUT2D eigenvalue weighted by Gasteiger charge is 2.36. The van der Waals surface area contributed by atoms with Crippen LogP contribution in [0.15, 0.2) is 48.7 Å². The highest BCUT2D eigenvalue weighted by atomic mass is 19.4. The Morgan fingerprint density at radius 1 is 0.971 bits per heavy atom. The number of aromatic nitrogens is 3. The fourth-order valence-electron chi connectivity index (χ4n) is 3.24. The molecule has 1 amide bonds. The van der Waals surface area contributed by atoms with Gasteiger partial charge in [-0.1, -0.05) is 0 Å². The summed E-state index contributed by atoms with van der Waals surface area (Å²) in [7, 11) is 2.78. The summed E-state index contributed by atoms with van der Waals surface area (Å²) in [5.41, 5.74) is -1.82. The lowest BCUT2D eigenvalue weighted by Gasteiger charge is -2.13. The van der Waals surface area contributed by atoms with Crippen LogP contribution in [0.3, 0.4) is 0 Å². The number of amides is 1. The van der Waals surface area contributed by atoms with Gasteiger partial charge in [-0.05, 0) is 36.4 Å². The van der Waals surface area contributed by atoms with Crippen LogP contribution in [0.1, 0.15) is 16.1 Å². The van der Waals surface area contributed by atoms with Crippen LogP contribution < -0.4 is 14.8 Å². The van der Waals surface area contributed by atoms with Gasteiger partial charge in [0.05, 0.1) is 26.1 Å². The van der Waals surface area contributed by atoms with Gasteiger partial charge in [-0.2, -0.15) is 18.3 Å². The van der Waals surface area contributed by atoms with E-state index >= 15 is 0 Å². The Kier molecular flexibility index (Phi) is 5.82. The van der Waals surface area contributed by atoms with Gasteiger partial charge < -0.3 is 14.8 Å². The highest BCUT2D eigenvalue weighted by molar-refractivity contribution is 6.08. The number of methoxy groups -OCH3 is 2. The van der Waals surface area contributed by atoms with Gasteiger partial charge in [-0.15, -0.1) is 0 Å². The van der Waals surface area contributed by atoms with Gasteiger partial charge in [0.15, 0.2) is 34.5 Å². The minimum Gasteiger partial charge on any atom is -0.493 e. The molecule has 0 aliphatic rings. The third-order valence-electron chi connectivity index (χ3n) is 4.86.